The molecule has 0 aromatic carbocycles. The van der Waals surface area contributed by atoms with E-state index in [1.807, 2.05) is 14.1 Å². The Morgan fingerprint density at radius 2 is 1.62 bits per heavy atom. The molecule has 222 valence electrons. The van der Waals surface area contributed by atoms with Gasteiger partial charge < -0.3 is 19.0 Å². The number of rotatable bonds is 7. The maximum absolute atomic E-state index is 12.3. The minimum Gasteiger partial charge on any atom is -0.547 e. The molecule has 6 nitrogen and oxygen atoms in total. The van der Waals surface area contributed by atoms with E-state index in [1.165, 1.54) is 36.3 Å². The molecule has 9 atom stereocenters. The van der Waals surface area contributed by atoms with Gasteiger partial charge in [0.2, 0.25) is 14.2 Å². The third-order valence-corrected chi connectivity index (χ3v) is 12.2. The topological polar surface area (TPSA) is 59.1 Å². The highest BCUT2D eigenvalue weighted by Gasteiger charge is 2.62. The Labute approximate surface area is 239 Å². The molecule has 0 spiro atoms. The Morgan fingerprint density at radius 1 is 0.974 bits per heavy atom. The van der Waals surface area contributed by atoms with E-state index in [0.717, 1.165) is 25.7 Å². The normalized spacial score (nSPS) is 38.5. The standard InChI is InChI=1S/C32H56N2O4Si/c1-21(11-14-28(35)33(4)5)24-12-13-25-29-26(16-18-32(24,25)3)31(2)17-15-23(37-30(36)34(6)7)19-22(31)20-27(29)38-39(8,9)10/h20-26,29H,11-19H2,1-10H3/t21-,22?,23+,24?,25?,26?,29?,31-,32+/m0/s1. The van der Waals surface area contributed by atoms with Crippen molar-refractivity contribution in [1.82, 2.24) is 9.80 Å². The molecule has 5 unspecified atom stereocenters. The maximum Gasteiger partial charge on any atom is 0.409 e. The predicted molar refractivity (Wildman–Crippen MR) is 160 cm³/mol. The average Bonchev–Trinajstić information content (AvgIpc) is 3.19. The van der Waals surface area contributed by atoms with Crippen molar-refractivity contribution in [3.63, 3.8) is 0 Å². The second kappa shape index (κ2) is 11.1. The van der Waals surface area contributed by atoms with Crippen molar-refractivity contribution in [3.05, 3.63) is 11.8 Å². The van der Waals surface area contributed by atoms with Crippen LogP contribution in [0.4, 0.5) is 4.79 Å². The first kappa shape index (κ1) is 30.5. The number of ether oxygens (including phenoxy) is 1. The van der Waals surface area contributed by atoms with Gasteiger partial charge in [-0.2, -0.15) is 0 Å². The number of carbonyl (C=O) groups is 2. The molecule has 0 aromatic rings. The molecule has 7 heteroatoms. The molecule has 0 aliphatic heterocycles. The highest BCUT2D eigenvalue weighted by Crippen LogP contribution is 2.68. The number of allylic oxidation sites excluding steroid dienone is 2. The van der Waals surface area contributed by atoms with Crippen LogP contribution in [0.3, 0.4) is 0 Å². The van der Waals surface area contributed by atoms with E-state index in [4.69, 9.17) is 9.16 Å². The van der Waals surface area contributed by atoms with Crippen LogP contribution in [0.25, 0.3) is 0 Å². The predicted octanol–water partition coefficient (Wildman–Crippen LogP) is 7.17. The summed E-state index contributed by atoms with van der Waals surface area (Å²) in [6, 6.07) is 0. The fraction of sp³-hybridized carbons (Fsp3) is 0.875. The maximum atomic E-state index is 12.3. The first-order valence-electron chi connectivity index (χ1n) is 15.6. The number of fused-ring (bicyclic) bond motifs is 5. The lowest BCUT2D eigenvalue weighted by Gasteiger charge is -2.60. The molecule has 3 fully saturated rings. The van der Waals surface area contributed by atoms with E-state index in [9.17, 15) is 9.59 Å². The van der Waals surface area contributed by atoms with Gasteiger partial charge in [0.1, 0.15) is 6.10 Å². The van der Waals surface area contributed by atoms with E-state index in [1.54, 1.807) is 19.0 Å². The highest BCUT2D eigenvalue weighted by molar-refractivity contribution is 6.70. The lowest BCUT2D eigenvalue weighted by molar-refractivity contribution is -0.129. The molecule has 4 rings (SSSR count). The van der Waals surface area contributed by atoms with Crippen LogP contribution in [-0.2, 0) is 14.0 Å². The van der Waals surface area contributed by atoms with Gasteiger partial charge in [-0.25, -0.2) is 4.79 Å². The quantitative estimate of drug-likeness (QED) is 0.310. The Morgan fingerprint density at radius 3 is 2.23 bits per heavy atom. The summed E-state index contributed by atoms with van der Waals surface area (Å²) >= 11 is 0. The van der Waals surface area contributed by atoms with E-state index in [-0.39, 0.29) is 23.5 Å². The summed E-state index contributed by atoms with van der Waals surface area (Å²) in [6.07, 6.45) is 11.9. The zero-order valence-electron chi connectivity index (χ0n) is 26.5. The Kier molecular flexibility index (Phi) is 8.63. The Bertz CT molecular complexity index is 958. The van der Waals surface area contributed by atoms with Gasteiger partial charge >= 0.3 is 6.09 Å². The van der Waals surface area contributed by atoms with E-state index in [0.29, 0.717) is 47.3 Å². The van der Waals surface area contributed by atoms with Crippen molar-refractivity contribution in [2.75, 3.05) is 28.2 Å². The van der Waals surface area contributed by atoms with Crippen molar-refractivity contribution < 1.29 is 18.8 Å². The minimum atomic E-state index is -1.81. The number of hydrogen-bond donors (Lipinski definition) is 0. The summed E-state index contributed by atoms with van der Waals surface area (Å²) in [6.45, 7) is 14.4. The third-order valence-electron chi connectivity index (χ3n) is 11.3. The number of carbonyl (C=O) groups excluding carboxylic acids is 2. The summed E-state index contributed by atoms with van der Waals surface area (Å²) in [5.41, 5.74) is 0.520. The van der Waals surface area contributed by atoms with Crippen LogP contribution in [0.2, 0.25) is 19.6 Å². The van der Waals surface area contributed by atoms with Gasteiger partial charge in [0.25, 0.3) is 0 Å². The summed E-state index contributed by atoms with van der Waals surface area (Å²) in [5.74, 6) is 4.86. The van der Waals surface area contributed by atoms with Gasteiger partial charge in [0, 0.05) is 40.5 Å². The van der Waals surface area contributed by atoms with Gasteiger partial charge in [0.05, 0.1) is 5.76 Å². The highest BCUT2D eigenvalue weighted by atomic mass is 28.4. The fourth-order valence-electron chi connectivity index (χ4n) is 9.19. The smallest absolute Gasteiger partial charge is 0.409 e. The zero-order valence-corrected chi connectivity index (χ0v) is 27.5. The molecule has 0 aromatic heterocycles. The molecule has 0 bridgehead atoms. The molecule has 3 saturated carbocycles. The number of nitrogens with zero attached hydrogens (tertiary/aromatic N) is 2. The van der Waals surface area contributed by atoms with E-state index >= 15 is 0 Å². The van der Waals surface area contributed by atoms with Crippen LogP contribution < -0.4 is 0 Å². The molecule has 0 saturated heterocycles. The first-order valence-corrected chi connectivity index (χ1v) is 19.0. The lowest BCUT2D eigenvalue weighted by atomic mass is 9.45. The van der Waals surface area contributed by atoms with Crippen LogP contribution >= 0.6 is 0 Å². The molecule has 2 amide bonds. The second-order valence-electron chi connectivity index (χ2n) is 15.3. The van der Waals surface area contributed by atoms with E-state index in [2.05, 4.69) is 46.5 Å². The molecule has 0 heterocycles. The van der Waals surface area contributed by atoms with Crippen LogP contribution in [0.1, 0.15) is 78.6 Å². The Balaban J connectivity index is 1.61. The molecule has 4 aliphatic carbocycles. The summed E-state index contributed by atoms with van der Waals surface area (Å²) in [5, 5.41) is 0. The minimum absolute atomic E-state index is 0.0191. The van der Waals surface area contributed by atoms with Gasteiger partial charge in [-0.3, -0.25) is 4.79 Å². The third kappa shape index (κ3) is 5.94. The van der Waals surface area contributed by atoms with Gasteiger partial charge in [-0.05, 0) is 118 Å². The SMILES string of the molecule is C[C@@H](CCC(=O)N(C)C)C1CCC2C3C(O[Si](C)(C)C)=CC4C[C@H](OC(=O)N(C)C)CC[C@]4(C)C3CC[C@@]21C. The van der Waals surface area contributed by atoms with E-state index < -0.39 is 8.32 Å². The van der Waals surface area contributed by atoms with Crippen molar-refractivity contribution in [2.24, 2.45) is 46.3 Å². The van der Waals surface area contributed by atoms with Crippen LogP contribution in [0.5, 0.6) is 0 Å². The van der Waals surface area contributed by atoms with Crippen molar-refractivity contribution in [2.45, 2.75) is 104 Å². The second-order valence-corrected chi connectivity index (χ2v) is 19.8. The van der Waals surface area contributed by atoms with Gasteiger partial charge in [-0.1, -0.05) is 20.8 Å². The average molecular weight is 561 g/mol. The summed E-state index contributed by atoms with van der Waals surface area (Å²) < 4.78 is 12.9. The molecule has 39 heavy (non-hydrogen) atoms. The summed E-state index contributed by atoms with van der Waals surface area (Å²) in [4.78, 5) is 28.0. The first-order chi connectivity index (χ1) is 18.1. The van der Waals surface area contributed by atoms with Gasteiger partial charge in [0.15, 0.2) is 0 Å². The monoisotopic (exact) mass is 560 g/mol. The van der Waals surface area contributed by atoms with Crippen LogP contribution in [0.15, 0.2) is 11.8 Å². The van der Waals surface area contributed by atoms with Crippen LogP contribution in [0, 0.1) is 46.3 Å². The molecule has 4 aliphatic rings. The molecular weight excluding hydrogens is 504 g/mol. The van der Waals surface area contributed by atoms with Crippen LogP contribution in [-0.4, -0.2) is 64.4 Å². The number of hydrogen-bond acceptors (Lipinski definition) is 4. The summed E-state index contributed by atoms with van der Waals surface area (Å²) in [7, 11) is 5.44. The van der Waals surface area contributed by atoms with Crippen molar-refractivity contribution in [3.8, 4) is 0 Å². The number of amides is 2. The fourth-order valence-corrected chi connectivity index (χ4v) is 10.1. The molecular formula is C32H56N2O4Si. The lowest BCUT2D eigenvalue weighted by Crippen LogP contribution is -2.55. The molecule has 0 N–H and O–H groups in total. The van der Waals surface area contributed by atoms with Gasteiger partial charge in [-0.15, -0.1) is 0 Å². The Hall–Kier alpha value is -1.50. The zero-order chi connectivity index (χ0) is 28.9. The van der Waals surface area contributed by atoms with Crippen molar-refractivity contribution in [1.29, 1.82) is 0 Å². The largest absolute Gasteiger partial charge is 0.547 e. The van der Waals surface area contributed by atoms with Crippen molar-refractivity contribution >= 4 is 20.3 Å². The molecule has 0 radical (unpaired) electrons.